The van der Waals surface area contributed by atoms with Crippen molar-refractivity contribution in [2.24, 2.45) is 11.8 Å². The number of carbonyl (C=O) groups is 3. The molecular weight excluding hydrogens is 522 g/mol. The first-order valence-corrected chi connectivity index (χ1v) is 13.9. The molecule has 3 amide bonds. The molecule has 0 aromatic heterocycles. The van der Waals surface area contributed by atoms with Crippen LogP contribution in [-0.2, 0) is 19.1 Å². The van der Waals surface area contributed by atoms with Crippen LogP contribution in [0, 0.1) is 11.8 Å². The van der Waals surface area contributed by atoms with Crippen LogP contribution in [0.2, 0.25) is 5.02 Å². The van der Waals surface area contributed by atoms with E-state index in [0.717, 1.165) is 0 Å². The summed E-state index contributed by atoms with van der Waals surface area (Å²) < 4.78 is 12.2. The zero-order chi connectivity index (χ0) is 27.8. The molecule has 0 aliphatic carbocycles. The van der Waals surface area contributed by atoms with Crippen molar-refractivity contribution in [1.82, 2.24) is 4.90 Å². The average Bonchev–Trinajstić information content (AvgIpc) is 3.53. The Hall–Kier alpha value is -3.14. The number of anilines is 2. The first-order chi connectivity index (χ1) is 18.8. The summed E-state index contributed by atoms with van der Waals surface area (Å²) in [5.41, 5.74) is -1.00. The maximum Gasteiger partial charge on any atom is 0.250 e. The van der Waals surface area contributed by atoms with Gasteiger partial charge >= 0.3 is 0 Å². The monoisotopic (exact) mass is 555 g/mol. The second-order valence-corrected chi connectivity index (χ2v) is 10.8. The molecule has 2 unspecified atom stereocenters. The van der Waals surface area contributed by atoms with Gasteiger partial charge in [0.1, 0.15) is 17.4 Å². The predicted octanol–water partition coefficient (Wildman–Crippen LogP) is 3.85. The molecule has 3 heterocycles. The van der Waals surface area contributed by atoms with Gasteiger partial charge in [-0.3, -0.25) is 14.4 Å². The molecule has 3 saturated heterocycles. The van der Waals surface area contributed by atoms with Crippen molar-refractivity contribution in [3.05, 3.63) is 53.6 Å². The van der Waals surface area contributed by atoms with E-state index in [-0.39, 0.29) is 25.0 Å². The molecule has 10 heteroatoms. The van der Waals surface area contributed by atoms with Crippen molar-refractivity contribution >= 4 is 40.7 Å². The third kappa shape index (κ3) is 4.56. The van der Waals surface area contributed by atoms with E-state index >= 15 is 0 Å². The molecule has 39 heavy (non-hydrogen) atoms. The summed E-state index contributed by atoms with van der Waals surface area (Å²) in [5.74, 6) is -1.93. The summed E-state index contributed by atoms with van der Waals surface area (Å²) in [5, 5.41) is 15.7. The minimum atomic E-state index is -1.16. The van der Waals surface area contributed by atoms with Gasteiger partial charge in [0, 0.05) is 18.8 Å². The number of nitrogens with one attached hydrogen (secondary N) is 2. The fourth-order valence-electron chi connectivity index (χ4n) is 6.68. The van der Waals surface area contributed by atoms with Crippen LogP contribution in [0.15, 0.2) is 48.5 Å². The number of carbonyl (C=O) groups excluding carboxylic acids is 3. The van der Waals surface area contributed by atoms with E-state index in [0.29, 0.717) is 54.4 Å². The van der Waals surface area contributed by atoms with E-state index in [4.69, 9.17) is 21.1 Å². The lowest BCUT2D eigenvalue weighted by atomic mass is 9.65. The van der Waals surface area contributed by atoms with E-state index in [2.05, 4.69) is 10.6 Å². The maximum atomic E-state index is 14.0. The van der Waals surface area contributed by atoms with Crippen molar-refractivity contribution in [1.29, 1.82) is 0 Å². The highest BCUT2D eigenvalue weighted by Crippen LogP contribution is 2.64. The molecular formula is C29H34ClN3O6. The number of nitrogens with zero attached hydrogens (tertiary/aromatic N) is 1. The highest BCUT2D eigenvalue weighted by Gasteiger charge is 2.78. The molecule has 9 nitrogen and oxygen atoms in total. The molecule has 2 aromatic rings. The van der Waals surface area contributed by atoms with Gasteiger partial charge in [0.15, 0.2) is 0 Å². The number of likely N-dealkylation sites (tertiary alicyclic amines) is 1. The smallest absolute Gasteiger partial charge is 0.250 e. The lowest BCUT2D eigenvalue weighted by Gasteiger charge is -2.34. The standard InChI is InChI=1S/C29H34ClN3O6/c1-3-28-14-15-29(39-28)23(22(28)25(35)31-18-10-12-19(13-11-18)38-4-2)27(37)33(16-7-17-34)24(29)26(36)32-21-9-6-5-8-20(21)30/h5-6,8-13,22-24,34H,3-4,7,14-17H2,1-2H3,(H,31,35)(H,32,36)/t22-,23+,24?,28+,29?/m1/s1. The Kier molecular flexibility index (Phi) is 7.59. The number of hydrogen-bond donors (Lipinski definition) is 3. The van der Waals surface area contributed by atoms with Crippen molar-refractivity contribution in [3.63, 3.8) is 0 Å². The predicted molar refractivity (Wildman–Crippen MR) is 147 cm³/mol. The van der Waals surface area contributed by atoms with Gasteiger partial charge < -0.3 is 30.1 Å². The van der Waals surface area contributed by atoms with E-state index in [1.807, 2.05) is 13.8 Å². The number of halogens is 1. The van der Waals surface area contributed by atoms with Crippen molar-refractivity contribution < 1.29 is 29.0 Å². The molecule has 1 spiro atoms. The van der Waals surface area contributed by atoms with Crippen molar-refractivity contribution in [2.75, 3.05) is 30.4 Å². The van der Waals surface area contributed by atoms with Gasteiger partial charge in [0.2, 0.25) is 17.7 Å². The average molecular weight is 556 g/mol. The molecule has 3 aliphatic rings. The van der Waals surface area contributed by atoms with E-state index in [9.17, 15) is 19.5 Å². The van der Waals surface area contributed by atoms with E-state index in [1.54, 1.807) is 48.5 Å². The fraction of sp³-hybridized carbons (Fsp3) is 0.483. The van der Waals surface area contributed by atoms with Gasteiger partial charge in [-0.1, -0.05) is 30.7 Å². The van der Waals surface area contributed by atoms with E-state index < -0.39 is 35.0 Å². The Balaban J connectivity index is 1.48. The number of aliphatic hydroxyl groups is 1. The molecule has 0 saturated carbocycles. The summed E-state index contributed by atoms with van der Waals surface area (Å²) in [6, 6.07) is 13.0. The number of rotatable bonds is 10. The zero-order valence-corrected chi connectivity index (χ0v) is 22.9. The van der Waals surface area contributed by atoms with Crippen LogP contribution in [0.5, 0.6) is 5.75 Å². The van der Waals surface area contributed by atoms with Crippen molar-refractivity contribution in [3.8, 4) is 5.75 Å². The van der Waals surface area contributed by atoms with Gasteiger partial charge in [-0.25, -0.2) is 0 Å². The third-order valence-corrected chi connectivity index (χ3v) is 8.66. The minimum absolute atomic E-state index is 0.137. The largest absolute Gasteiger partial charge is 0.494 e. The summed E-state index contributed by atoms with van der Waals surface area (Å²) in [7, 11) is 0. The lowest BCUT2D eigenvalue weighted by Crippen LogP contribution is -2.53. The molecule has 5 rings (SSSR count). The summed E-state index contributed by atoms with van der Waals surface area (Å²) in [6.45, 7) is 4.42. The summed E-state index contributed by atoms with van der Waals surface area (Å²) >= 11 is 6.30. The van der Waals surface area contributed by atoms with Crippen LogP contribution in [0.3, 0.4) is 0 Å². The third-order valence-electron chi connectivity index (χ3n) is 8.33. The van der Waals surface area contributed by atoms with Gasteiger partial charge in [0.25, 0.3) is 0 Å². The number of fused-ring (bicyclic) bond motifs is 1. The van der Waals surface area contributed by atoms with Crippen LogP contribution < -0.4 is 15.4 Å². The first kappa shape index (κ1) is 27.4. The summed E-state index contributed by atoms with van der Waals surface area (Å²) in [4.78, 5) is 43.2. The number of aliphatic hydroxyl groups excluding tert-OH is 1. The molecule has 3 N–H and O–H groups in total. The molecule has 5 atom stereocenters. The Morgan fingerprint density at radius 3 is 2.51 bits per heavy atom. The van der Waals surface area contributed by atoms with Crippen molar-refractivity contribution in [2.45, 2.75) is 56.8 Å². The van der Waals surface area contributed by atoms with Gasteiger partial charge in [-0.15, -0.1) is 0 Å². The van der Waals surface area contributed by atoms with Crippen LogP contribution >= 0.6 is 11.6 Å². The lowest BCUT2D eigenvalue weighted by molar-refractivity contribution is -0.144. The highest BCUT2D eigenvalue weighted by molar-refractivity contribution is 6.33. The summed E-state index contributed by atoms with van der Waals surface area (Å²) in [6.07, 6.45) is 1.85. The highest BCUT2D eigenvalue weighted by atomic mass is 35.5. The topological polar surface area (TPSA) is 117 Å². The maximum absolute atomic E-state index is 14.0. The number of ether oxygens (including phenoxy) is 2. The van der Waals surface area contributed by atoms with Crippen LogP contribution in [0.1, 0.15) is 39.5 Å². The number of hydrogen-bond acceptors (Lipinski definition) is 6. The molecule has 208 valence electrons. The van der Waals surface area contributed by atoms with E-state index in [1.165, 1.54) is 4.90 Å². The van der Waals surface area contributed by atoms with Gasteiger partial charge in [-0.05, 0) is 69.0 Å². The number of benzene rings is 2. The fourth-order valence-corrected chi connectivity index (χ4v) is 6.87. The Bertz CT molecular complexity index is 1260. The van der Waals surface area contributed by atoms with Gasteiger partial charge in [-0.2, -0.15) is 0 Å². The van der Waals surface area contributed by atoms with Crippen LogP contribution in [-0.4, -0.2) is 64.7 Å². The van der Waals surface area contributed by atoms with Crippen LogP contribution in [0.25, 0.3) is 0 Å². The Labute approximate surface area is 232 Å². The molecule has 3 fully saturated rings. The first-order valence-electron chi connectivity index (χ1n) is 13.5. The molecule has 3 aliphatic heterocycles. The zero-order valence-electron chi connectivity index (χ0n) is 22.1. The quantitative estimate of drug-likeness (QED) is 0.410. The second-order valence-electron chi connectivity index (χ2n) is 10.4. The SMILES string of the molecule is CCOc1ccc(NC(=O)[C@H]2[C@H]3C(=O)N(CCCO)C(C(=O)Nc4ccccc4Cl)C34CC[C@]2(CC)O4)cc1. The Morgan fingerprint density at radius 1 is 1.10 bits per heavy atom. The molecule has 0 radical (unpaired) electrons. The molecule has 2 bridgehead atoms. The van der Waals surface area contributed by atoms with Crippen LogP contribution in [0.4, 0.5) is 11.4 Å². The number of para-hydroxylation sites is 1. The van der Waals surface area contributed by atoms with Gasteiger partial charge in [0.05, 0.1) is 34.8 Å². The number of amides is 3. The second kappa shape index (κ2) is 10.8. The molecule has 2 aromatic carbocycles. The Morgan fingerprint density at radius 2 is 1.85 bits per heavy atom. The minimum Gasteiger partial charge on any atom is -0.494 e. The normalized spacial score (nSPS) is 28.9.